The molecule has 0 bridgehead atoms. The first kappa shape index (κ1) is 34.9. The maximum atomic E-state index is 13.0. The first-order valence-electron chi connectivity index (χ1n) is 14.9. The minimum absolute atomic E-state index is 0.0354. The van der Waals surface area contributed by atoms with Crippen molar-refractivity contribution in [2.45, 2.75) is 117 Å². The zero-order valence-electron chi connectivity index (χ0n) is 25.2. The largest absolute Gasteiger partial charge is 0.476 e. The number of aryl methyl sites for hydroxylation is 2. The summed E-state index contributed by atoms with van der Waals surface area (Å²) >= 11 is 0. The highest BCUT2D eigenvalue weighted by Gasteiger charge is 2.31. The molecule has 0 unspecified atom stereocenters. The first-order chi connectivity index (χ1) is 19.9. The Morgan fingerprint density at radius 3 is 2.40 bits per heavy atom. The van der Waals surface area contributed by atoms with Crippen molar-refractivity contribution >= 4 is 11.8 Å². The van der Waals surface area contributed by atoms with E-state index < -0.39 is 35.4 Å². The molecule has 0 aliphatic rings. The smallest absolute Gasteiger partial charge is 0.389 e. The van der Waals surface area contributed by atoms with E-state index in [9.17, 15) is 27.6 Å². The maximum absolute atomic E-state index is 13.0. The number of esters is 1. The highest BCUT2D eigenvalue weighted by Crippen LogP contribution is 2.22. The number of nitrogens with zero attached hydrogens (tertiary/aromatic N) is 3. The normalized spacial score (nSPS) is 11.9. The molecule has 1 aromatic heterocycles. The molecule has 0 aliphatic heterocycles. The number of halogens is 3. The number of benzene rings is 1. The molecule has 0 atom stereocenters. The van der Waals surface area contributed by atoms with Crippen molar-refractivity contribution in [2.75, 3.05) is 18.5 Å². The summed E-state index contributed by atoms with van der Waals surface area (Å²) in [5.41, 5.74) is -1.36. The van der Waals surface area contributed by atoms with Gasteiger partial charge in [0.05, 0.1) is 6.61 Å². The molecule has 0 amide bonds. The van der Waals surface area contributed by atoms with Crippen molar-refractivity contribution in [1.82, 2.24) is 14.3 Å². The number of rotatable bonds is 19. The number of nitrogens with one attached hydrogen (secondary N) is 1. The zero-order valence-corrected chi connectivity index (χ0v) is 25.2. The van der Waals surface area contributed by atoms with Crippen LogP contribution < -0.4 is 21.3 Å². The Morgan fingerprint density at radius 2 is 1.71 bits per heavy atom. The summed E-state index contributed by atoms with van der Waals surface area (Å²) in [7, 11) is 0. The van der Waals surface area contributed by atoms with Crippen LogP contribution in [0.5, 0.6) is 5.75 Å². The third kappa shape index (κ3) is 11.9. The van der Waals surface area contributed by atoms with Gasteiger partial charge in [-0.1, -0.05) is 44.7 Å². The highest BCUT2D eigenvalue weighted by atomic mass is 19.4. The quantitative estimate of drug-likeness (QED) is 0.159. The molecule has 42 heavy (non-hydrogen) atoms. The van der Waals surface area contributed by atoms with E-state index in [-0.39, 0.29) is 31.9 Å². The molecule has 1 N–H and O–H groups in total. The molecule has 0 aliphatic carbocycles. The predicted octanol–water partition coefficient (Wildman–Crippen LogP) is 5.87. The Bertz CT molecular complexity index is 1240. The number of hydrogen-bond acceptors (Lipinski definition) is 7. The fourth-order valence-corrected chi connectivity index (χ4v) is 4.38. The second kappa shape index (κ2) is 17.0. The van der Waals surface area contributed by atoms with Gasteiger partial charge in [0, 0.05) is 26.1 Å². The van der Waals surface area contributed by atoms with Crippen molar-refractivity contribution < 1.29 is 27.4 Å². The molecule has 0 fully saturated rings. The minimum atomic E-state index is -4.33. The number of unbranched alkanes of at least 4 members (excludes halogenated alkanes) is 5. The van der Waals surface area contributed by atoms with Crippen molar-refractivity contribution in [3.8, 4) is 5.75 Å². The second-order valence-corrected chi connectivity index (χ2v) is 10.8. The Kier molecular flexibility index (Phi) is 14.1. The van der Waals surface area contributed by atoms with Crippen LogP contribution in [0.2, 0.25) is 0 Å². The van der Waals surface area contributed by atoms with Gasteiger partial charge in [0.1, 0.15) is 5.75 Å². The van der Waals surface area contributed by atoms with Crippen LogP contribution in [0.1, 0.15) is 91.0 Å². The fraction of sp³-hybridized carbons (Fsp3) is 0.667. The molecular formula is C30H45F3N4O5. The van der Waals surface area contributed by atoms with Crippen LogP contribution in [-0.2, 0) is 29.0 Å². The van der Waals surface area contributed by atoms with E-state index in [2.05, 4.69) is 17.3 Å². The Morgan fingerprint density at radius 1 is 0.976 bits per heavy atom. The first-order valence-corrected chi connectivity index (χ1v) is 14.9. The van der Waals surface area contributed by atoms with Gasteiger partial charge in [0.2, 0.25) is 5.82 Å². The molecule has 12 heteroatoms. The van der Waals surface area contributed by atoms with E-state index in [4.69, 9.17) is 9.47 Å². The van der Waals surface area contributed by atoms with Crippen LogP contribution in [0.15, 0.2) is 33.9 Å². The summed E-state index contributed by atoms with van der Waals surface area (Å²) in [6.45, 7) is 7.75. The minimum Gasteiger partial charge on any atom is -0.476 e. The molecule has 2 aromatic rings. The van der Waals surface area contributed by atoms with Gasteiger partial charge in [-0.25, -0.2) is 14.3 Å². The fourth-order valence-electron chi connectivity index (χ4n) is 4.38. The third-order valence-corrected chi connectivity index (χ3v) is 6.66. The molecule has 0 spiro atoms. The van der Waals surface area contributed by atoms with E-state index in [1.807, 2.05) is 18.2 Å². The van der Waals surface area contributed by atoms with E-state index in [1.54, 1.807) is 26.8 Å². The van der Waals surface area contributed by atoms with Gasteiger partial charge in [-0.05, 0) is 70.6 Å². The number of alkyl halides is 3. The lowest BCUT2D eigenvalue weighted by molar-refractivity contribution is -0.158. The van der Waals surface area contributed by atoms with Crippen LogP contribution in [0.4, 0.5) is 19.0 Å². The number of carbonyl (C=O) groups excluding carboxylic acids is 1. The van der Waals surface area contributed by atoms with Gasteiger partial charge in [0.25, 0.3) is 5.56 Å². The van der Waals surface area contributed by atoms with E-state index >= 15 is 0 Å². The molecule has 1 heterocycles. The SMILES string of the molecule is CCCCCCCn1c(=O)c(NCCCCc2cccc(OC(C)(C)C(=O)OCC)c2)nn(CCCC(F)(F)F)c1=O. The zero-order chi connectivity index (χ0) is 31.2. The molecule has 0 saturated heterocycles. The maximum Gasteiger partial charge on any atom is 0.389 e. The van der Waals surface area contributed by atoms with E-state index in [0.717, 1.165) is 46.9 Å². The number of aromatic nitrogens is 3. The molecule has 9 nitrogen and oxygen atoms in total. The van der Waals surface area contributed by atoms with Gasteiger partial charge in [0.15, 0.2) is 5.60 Å². The summed E-state index contributed by atoms with van der Waals surface area (Å²) in [6, 6.07) is 7.44. The monoisotopic (exact) mass is 598 g/mol. The van der Waals surface area contributed by atoms with Crippen molar-refractivity contribution in [2.24, 2.45) is 0 Å². The van der Waals surface area contributed by atoms with E-state index in [0.29, 0.717) is 31.6 Å². The lowest BCUT2D eigenvalue weighted by Gasteiger charge is -2.24. The average Bonchev–Trinajstić information content (AvgIpc) is 2.91. The van der Waals surface area contributed by atoms with Gasteiger partial charge in [-0.3, -0.25) is 9.36 Å². The van der Waals surface area contributed by atoms with Crippen molar-refractivity contribution in [3.05, 3.63) is 50.7 Å². The van der Waals surface area contributed by atoms with Gasteiger partial charge in [-0.15, -0.1) is 5.10 Å². The Labute approximate surface area is 245 Å². The molecule has 1 aromatic carbocycles. The lowest BCUT2D eigenvalue weighted by atomic mass is 10.1. The van der Waals surface area contributed by atoms with Gasteiger partial charge >= 0.3 is 17.8 Å². The van der Waals surface area contributed by atoms with Crippen LogP contribution in [0.3, 0.4) is 0 Å². The van der Waals surface area contributed by atoms with Gasteiger partial charge < -0.3 is 14.8 Å². The number of carbonyl (C=O) groups is 1. The van der Waals surface area contributed by atoms with Crippen LogP contribution in [0.25, 0.3) is 0 Å². The summed E-state index contributed by atoms with van der Waals surface area (Å²) < 4.78 is 51.0. The van der Waals surface area contributed by atoms with Crippen molar-refractivity contribution in [3.63, 3.8) is 0 Å². The Hall–Kier alpha value is -3.31. The molecule has 0 saturated carbocycles. The van der Waals surface area contributed by atoms with Crippen LogP contribution in [0, 0.1) is 0 Å². The van der Waals surface area contributed by atoms with Crippen LogP contribution >= 0.6 is 0 Å². The van der Waals surface area contributed by atoms with E-state index in [1.165, 1.54) is 0 Å². The topological polar surface area (TPSA) is 104 Å². The summed E-state index contributed by atoms with van der Waals surface area (Å²) in [5.74, 6) is 0.0694. The summed E-state index contributed by atoms with van der Waals surface area (Å²) in [5, 5.41) is 7.07. The Balaban J connectivity index is 2.01. The van der Waals surface area contributed by atoms with Crippen LogP contribution in [-0.4, -0.2) is 45.2 Å². The lowest BCUT2D eigenvalue weighted by Crippen LogP contribution is -2.43. The molecule has 236 valence electrons. The molecule has 2 rings (SSSR count). The average molecular weight is 599 g/mol. The third-order valence-electron chi connectivity index (χ3n) is 6.66. The molecule has 0 radical (unpaired) electrons. The summed E-state index contributed by atoms with van der Waals surface area (Å²) in [4.78, 5) is 38.0. The molecular weight excluding hydrogens is 553 g/mol. The summed E-state index contributed by atoms with van der Waals surface area (Å²) in [6.07, 6.45) is 1.05. The highest BCUT2D eigenvalue weighted by molar-refractivity contribution is 5.79. The standard InChI is InChI=1S/C30H45F3N4O5/c1-5-7-8-9-12-20-36-26(38)25(35-37(28(36)40)21-14-18-30(31,32)33)34-19-11-10-15-23-16-13-17-24(22-23)42-29(3,4)27(39)41-6-2/h13,16-17,22H,5-12,14-15,18-21H2,1-4H3,(H,34,35). The van der Waals surface area contributed by atoms with Gasteiger partial charge in [-0.2, -0.15) is 13.2 Å². The second-order valence-electron chi connectivity index (χ2n) is 10.8. The number of anilines is 1. The van der Waals surface area contributed by atoms with Crippen molar-refractivity contribution in [1.29, 1.82) is 0 Å². The number of ether oxygens (including phenoxy) is 2. The predicted molar refractivity (Wildman–Crippen MR) is 156 cm³/mol. The number of hydrogen-bond donors (Lipinski definition) is 1.